The lowest BCUT2D eigenvalue weighted by molar-refractivity contribution is 0.223. The van der Waals surface area contributed by atoms with E-state index in [1.165, 1.54) is 6.42 Å². The largest absolute Gasteiger partial charge is 0.456 e. The molecule has 0 spiro atoms. The zero-order chi connectivity index (χ0) is 18.9. The summed E-state index contributed by atoms with van der Waals surface area (Å²) in [6.07, 6.45) is 1.19. The maximum Gasteiger partial charge on any atom is 0.200 e. The highest BCUT2D eigenvalue weighted by molar-refractivity contribution is 7.68. The summed E-state index contributed by atoms with van der Waals surface area (Å²) in [5.74, 6) is 6.19. The number of piperidine rings is 1. The van der Waals surface area contributed by atoms with Crippen molar-refractivity contribution in [3.8, 4) is 0 Å². The fourth-order valence-corrected chi connectivity index (χ4v) is 6.61. The molecule has 2 aliphatic rings. The molecule has 0 amide bonds. The van der Waals surface area contributed by atoms with Gasteiger partial charge in [-0.25, -0.2) is 4.67 Å². The van der Waals surface area contributed by atoms with E-state index < -0.39 is 7.29 Å². The molecule has 0 bridgehead atoms. The number of hydrogen-bond donors (Lipinski definition) is 0. The predicted octanol–water partition coefficient (Wildman–Crippen LogP) is 6.27. The number of benzene rings is 2. The van der Waals surface area contributed by atoms with E-state index in [-0.39, 0.29) is 0 Å². The van der Waals surface area contributed by atoms with Gasteiger partial charge in [0.1, 0.15) is 11.5 Å². The van der Waals surface area contributed by atoms with Gasteiger partial charge in [-0.05, 0) is 18.3 Å². The minimum absolute atomic E-state index is 0.546. The third kappa shape index (κ3) is 3.95. The lowest BCUT2D eigenvalue weighted by atomic mass is 9.94. The number of rotatable bonds is 3. The van der Waals surface area contributed by atoms with Crippen LogP contribution in [0.4, 0.5) is 0 Å². The molecule has 4 rings (SSSR count). The van der Waals surface area contributed by atoms with Crippen LogP contribution in [-0.2, 0) is 9.30 Å². The molecule has 2 atom stereocenters. The van der Waals surface area contributed by atoms with Gasteiger partial charge in [0.25, 0.3) is 0 Å². The summed E-state index contributed by atoms with van der Waals surface area (Å²) >= 11 is 0. The summed E-state index contributed by atoms with van der Waals surface area (Å²) in [5.41, 5.74) is 1.91. The molecule has 1 saturated heterocycles. The van der Waals surface area contributed by atoms with Crippen LogP contribution in [-0.4, -0.2) is 17.8 Å². The van der Waals surface area contributed by atoms with Crippen LogP contribution in [0.25, 0.3) is 11.5 Å². The van der Waals surface area contributed by atoms with Crippen LogP contribution in [0, 0.1) is 11.8 Å². The maximum absolute atomic E-state index is 14.1. The first-order valence-corrected chi connectivity index (χ1v) is 11.4. The van der Waals surface area contributed by atoms with Crippen molar-refractivity contribution in [2.45, 2.75) is 20.3 Å². The number of nitrogens with zero attached hydrogens (tertiary/aromatic N) is 1. The number of ether oxygens (including phenoxy) is 1. The third-order valence-corrected chi connectivity index (χ3v) is 7.65. The van der Waals surface area contributed by atoms with Crippen molar-refractivity contribution in [3.05, 3.63) is 83.4 Å². The Hall–Kier alpha value is -2.09. The summed E-state index contributed by atoms with van der Waals surface area (Å²) in [5, 5.41) is 0. The average Bonchev–Trinajstić information content (AvgIpc) is 2.68. The van der Waals surface area contributed by atoms with E-state index in [0.29, 0.717) is 23.4 Å². The SMILES string of the molecule is C[C@@H]1C[C@@H](C)CN(P2(=O)C=C(c3ccccc3)OC(c3ccccc3)=C2)C1. The van der Waals surface area contributed by atoms with Crippen molar-refractivity contribution in [1.82, 2.24) is 4.67 Å². The van der Waals surface area contributed by atoms with Crippen LogP contribution < -0.4 is 0 Å². The highest BCUT2D eigenvalue weighted by Gasteiger charge is 2.36. The second kappa shape index (κ2) is 7.50. The first-order valence-electron chi connectivity index (χ1n) is 9.63. The summed E-state index contributed by atoms with van der Waals surface area (Å²) in [4.78, 5) is 0. The van der Waals surface area contributed by atoms with Gasteiger partial charge in [-0.2, -0.15) is 0 Å². The van der Waals surface area contributed by atoms with Gasteiger partial charge in [0, 0.05) is 35.9 Å². The van der Waals surface area contributed by atoms with Gasteiger partial charge < -0.3 is 4.74 Å². The van der Waals surface area contributed by atoms with E-state index >= 15 is 0 Å². The fraction of sp³-hybridized carbons (Fsp3) is 0.304. The molecule has 140 valence electrons. The van der Waals surface area contributed by atoms with E-state index in [9.17, 15) is 4.57 Å². The fourth-order valence-electron chi connectivity index (χ4n) is 4.06. The molecule has 0 unspecified atom stereocenters. The van der Waals surface area contributed by atoms with Crippen LogP contribution in [0.2, 0.25) is 0 Å². The molecule has 0 aliphatic carbocycles. The summed E-state index contributed by atoms with van der Waals surface area (Å²) in [6, 6.07) is 19.9. The Balaban J connectivity index is 1.78. The van der Waals surface area contributed by atoms with E-state index in [2.05, 4.69) is 18.5 Å². The number of hydrogen-bond acceptors (Lipinski definition) is 2. The third-order valence-electron chi connectivity index (χ3n) is 5.23. The van der Waals surface area contributed by atoms with E-state index in [0.717, 1.165) is 24.2 Å². The topological polar surface area (TPSA) is 29.5 Å². The molecule has 4 heteroatoms. The lowest BCUT2D eigenvalue weighted by Crippen LogP contribution is -2.36. The van der Waals surface area contributed by atoms with E-state index in [4.69, 9.17) is 4.74 Å². The van der Waals surface area contributed by atoms with Crippen molar-refractivity contribution < 1.29 is 9.30 Å². The van der Waals surface area contributed by atoms with Gasteiger partial charge in [-0.1, -0.05) is 74.5 Å². The van der Waals surface area contributed by atoms with Crippen LogP contribution in [0.5, 0.6) is 0 Å². The van der Waals surface area contributed by atoms with Gasteiger partial charge in [0.2, 0.25) is 7.29 Å². The smallest absolute Gasteiger partial charge is 0.200 e. The van der Waals surface area contributed by atoms with Crippen LogP contribution >= 0.6 is 7.29 Å². The molecule has 2 aromatic carbocycles. The molecule has 3 nitrogen and oxygen atoms in total. The van der Waals surface area contributed by atoms with E-state index in [1.54, 1.807) is 0 Å². The monoisotopic (exact) mass is 379 g/mol. The maximum atomic E-state index is 14.1. The Bertz CT molecular complexity index is 835. The zero-order valence-electron chi connectivity index (χ0n) is 15.9. The Morgan fingerprint density at radius 1 is 0.815 bits per heavy atom. The second-order valence-electron chi connectivity index (χ2n) is 7.81. The minimum atomic E-state index is -2.82. The molecule has 2 aliphatic heterocycles. The van der Waals surface area contributed by atoms with Crippen molar-refractivity contribution in [3.63, 3.8) is 0 Å². The highest BCUT2D eigenvalue weighted by atomic mass is 31.2. The standard InChI is InChI=1S/C23H26NO2P/c1-18-13-19(2)15-24(14-18)27(25)16-22(20-9-5-3-6-10-20)26-23(17-27)21-11-7-4-8-12-21/h3-12,16-19H,13-15H2,1-2H3/t18-,19-/m1/s1. The van der Waals surface area contributed by atoms with Crippen molar-refractivity contribution in [2.75, 3.05) is 13.1 Å². The molecule has 2 heterocycles. The van der Waals surface area contributed by atoms with Crippen molar-refractivity contribution in [1.29, 1.82) is 0 Å². The Morgan fingerprint density at radius 2 is 1.26 bits per heavy atom. The van der Waals surface area contributed by atoms with Gasteiger partial charge in [-0.3, -0.25) is 4.57 Å². The molecular weight excluding hydrogens is 353 g/mol. The molecule has 0 saturated carbocycles. The Labute approximate surface area is 161 Å². The predicted molar refractivity (Wildman–Crippen MR) is 112 cm³/mol. The van der Waals surface area contributed by atoms with Gasteiger partial charge in [-0.15, -0.1) is 0 Å². The highest BCUT2D eigenvalue weighted by Crippen LogP contribution is 2.60. The van der Waals surface area contributed by atoms with Crippen molar-refractivity contribution in [2.24, 2.45) is 11.8 Å². The van der Waals surface area contributed by atoms with E-state index in [1.807, 2.05) is 72.3 Å². The molecule has 2 aromatic rings. The van der Waals surface area contributed by atoms with Gasteiger partial charge in [0.05, 0.1) is 0 Å². The molecule has 0 aromatic heterocycles. The summed E-state index contributed by atoms with van der Waals surface area (Å²) in [6.45, 7) is 6.22. The molecule has 0 N–H and O–H groups in total. The van der Waals surface area contributed by atoms with Crippen LogP contribution in [0.15, 0.2) is 72.3 Å². The molecule has 0 radical (unpaired) electrons. The second-order valence-corrected chi connectivity index (χ2v) is 10.2. The molecular formula is C23H26NO2P. The van der Waals surface area contributed by atoms with Gasteiger partial charge in [0.15, 0.2) is 0 Å². The Kier molecular flexibility index (Phi) is 5.08. The first-order chi connectivity index (χ1) is 13.0. The molecule has 27 heavy (non-hydrogen) atoms. The van der Waals surface area contributed by atoms with Gasteiger partial charge >= 0.3 is 0 Å². The Morgan fingerprint density at radius 3 is 1.70 bits per heavy atom. The van der Waals surface area contributed by atoms with Crippen molar-refractivity contribution >= 4 is 18.8 Å². The average molecular weight is 379 g/mol. The normalized spacial score (nSPS) is 25.3. The summed E-state index contributed by atoms with van der Waals surface area (Å²) < 4.78 is 22.5. The molecule has 1 fully saturated rings. The minimum Gasteiger partial charge on any atom is -0.456 e. The first kappa shape index (κ1) is 18.3. The zero-order valence-corrected chi connectivity index (χ0v) is 16.8. The quantitative estimate of drug-likeness (QED) is 0.589. The summed E-state index contributed by atoms with van der Waals surface area (Å²) in [7, 11) is -2.82. The lowest BCUT2D eigenvalue weighted by Gasteiger charge is -2.39. The van der Waals surface area contributed by atoms with Crippen LogP contribution in [0.3, 0.4) is 0 Å². The van der Waals surface area contributed by atoms with Crippen LogP contribution in [0.1, 0.15) is 31.4 Å².